The van der Waals surface area contributed by atoms with Crippen LogP contribution in [0.5, 0.6) is 11.5 Å². The molecule has 0 spiro atoms. The van der Waals surface area contributed by atoms with Crippen LogP contribution in [0, 0.1) is 6.92 Å². The van der Waals surface area contributed by atoms with Crippen LogP contribution < -0.4 is 44.7 Å². The molecule has 0 saturated heterocycles. The van der Waals surface area contributed by atoms with Crippen LogP contribution in [-0.4, -0.2) is 25.5 Å². The molecular weight excluding hydrogens is 576 g/mol. The van der Waals surface area contributed by atoms with Gasteiger partial charge in [0.2, 0.25) is 0 Å². The number of fused-ring (bicyclic) bond motifs is 1. The van der Waals surface area contributed by atoms with Gasteiger partial charge in [0.05, 0.1) is 33.7 Å². The molecule has 2 N–H and O–H groups in total. The summed E-state index contributed by atoms with van der Waals surface area (Å²) in [7, 11) is -4.54. The molecule has 4 rings (SSSR count). The van der Waals surface area contributed by atoms with Crippen LogP contribution >= 0.6 is 23.2 Å². The van der Waals surface area contributed by atoms with Crippen LogP contribution in [0.15, 0.2) is 75.8 Å². The average molecular weight is 596 g/mol. The number of benzene rings is 4. The maximum Gasteiger partial charge on any atom is 1.00 e. The first kappa shape index (κ1) is 30.8. The molecule has 0 radical (unpaired) electrons. The summed E-state index contributed by atoms with van der Waals surface area (Å²) in [5, 5.41) is 25.3. The third kappa shape index (κ3) is 6.72. The van der Waals surface area contributed by atoms with Gasteiger partial charge in [-0.2, -0.15) is 18.6 Å². The topological polar surface area (TPSA) is 140 Å². The molecule has 0 heterocycles. The van der Waals surface area contributed by atoms with Gasteiger partial charge in [0, 0.05) is 17.0 Å². The molecule has 0 unspecified atom stereocenters. The zero-order valence-corrected chi connectivity index (χ0v) is 25.4. The summed E-state index contributed by atoms with van der Waals surface area (Å²) in [6.07, 6.45) is 0. The molecule has 0 aromatic heterocycles. The van der Waals surface area contributed by atoms with E-state index in [0.717, 1.165) is 6.07 Å². The molecular formula is C26H20Cl2N3NaO6S. The van der Waals surface area contributed by atoms with Crippen molar-refractivity contribution in [3.8, 4) is 11.5 Å². The molecule has 13 heteroatoms. The van der Waals surface area contributed by atoms with Crippen molar-refractivity contribution in [1.82, 2.24) is 0 Å². The number of azo groups is 1. The summed E-state index contributed by atoms with van der Waals surface area (Å²) >= 11 is 12.4. The second-order valence-electron chi connectivity index (χ2n) is 8.05. The predicted molar refractivity (Wildman–Crippen MR) is 144 cm³/mol. The SMILES string of the molecule is CCOc1ccc(NC(=O)c2cc3ccccc3c(N=Nc3ccc(S(=O)(=O)O)c(Cl)c3C)c2[O-])c(Cl)c1.[Na+]. The van der Waals surface area contributed by atoms with Crippen LogP contribution in [0.3, 0.4) is 0 Å². The van der Waals surface area contributed by atoms with Crippen molar-refractivity contribution < 1.29 is 57.2 Å². The predicted octanol–water partition coefficient (Wildman–Crippen LogP) is 3.85. The molecule has 1 amide bonds. The molecule has 0 saturated carbocycles. The minimum absolute atomic E-state index is 0. The fourth-order valence-electron chi connectivity index (χ4n) is 3.68. The van der Waals surface area contributed by atoms with Crippen molar-refractivity contribution in [1.29, 1.82) is 0 Å². The average Bonchev–Trinajstić information content (AvgIpc) is 2.86. The second kappa shape index (κ2) is 12.6. The Hall–Kier alpha value is -2.70. The molecule has 0 bridgehead atoms. The minimum atomic E-state index is -4.54. The molecule has 0 fully saturated rings. The largest absolute Gasteiger partial charge is 1.00 e. The first-order valence-electron chi connectivity index (χ1n) is 11.2. The third-order valence-corrected chi connectivity index (χ3v) is 7.39. The van der Waals surface area contributed by atoms with Gasteiger partial charge in [0.15, 0.2) is 0 Å². The van der Waals surface area contributed by atoms with Crippen molar-refractivity contribution >= 4 is 67.1 Å². The molecule has 4 aromatic rings. The standard InChI is InChI=1S/C26H21Cl2N3O6S.Na/c1-3-37-16-8-9-21(19(27)13-16)29-26(33)18-12-15-6-4-5-7-17(15)24(25(18)32)31-30-20-10-11-22(38(34,35)36)23(28)14(20)2;/h4-13,32H,3H2,1-2H3,(H,29,33)(H,34,35,36);/q;+1/p-1. The van der Waals surface area contributed by atoms with Gasteiger partial charge in [-0.05, 0) is 55.1 Å². The molecule has 196 valence electrons. The summed E-state index contributed by atoms with van der Waals surface area (Å²) in [5.74, 6) is -0.834. The van der Waals surface area contributed by atoms with Crippen LogP contribution in [0.25, 0.3) is 10.8 Å². The zero-order chi connectivity index (χ0) is 27.6. The summed E-state index contributed by atoms with van der Waals surface area (Å²) in [4.78, 5) is 12.7. The third-order valence-electron chi connectivity index (χ3n) is 5.58. The van der Waals surface area contributed by atoms with E-state index in [1.165, 1.54) is 19.1 Å². The Morgan fingerprint density at radius 1 is 1.08 bits per heavy atom. The molecule has 0 aliphatic heterocycles. The minimum Gasteiger partial charge on any atom is -0.870 e. The van der Waals surface area contributed by atoms with E-state index in [1.54, 1.807) is 42.5 Å². The van der Waals surface area contributed by atoms with Gasteiger partial charge < -0.3 is 15.2 Å². The van der Waals surface area contributed by atoms with Crippen molar-refractivity contribution in [2.24, 2.45) is 10.2 Å². The van der Waals surface area contributed by atoms with Crippen molar-refractivity contribution in [3.05, 3.63) is 81.8 Å². The van der Waals surface area contributed by atoms with Gasteiger partial charge in [0.25, 0.3) is 16.0 Å². The Morgan fingerprint density at radius 3 is 2.46 bits per heavy atom. The van der Waals surface area contributed by atoms with Crippen molar-refractivity contribution in [2.75, 3.05) is 11.9 Å². The van der Waals surface area contributed by atoms with Crippen LogP contribution in [0.4, 0.5) is 17.1 Å². The Morgan fingerprint density at radius 2 is 1.79 bits per heavy atom. The number of amides is 1. The van der Waals surface area contributed by atoms with E-state index in [0.29, 0.717) is 28.8 Å². The van der Waals surface area contributed by atoms with E-state index in [-0.39, 0.29) is 62.1 Å². The summed E-state index contributed by atoms with van der Waals surface area (Å²) in [6, 6.07) is 15.4. The maximum atomic E-state index is 13.4. The Kier molecular flexibility index (Phi) is 10.0. The monoisotopic (exact) mass is 595 g/mol. The van der Waals surface area contributed by atoms with Gasteiger partial charge in [-0.15, -0.1) is 0 Å². The number of halogens is 2. The molecule has 4 aromatic carbocycles. The van der Waals surface area contributed by atoms with Crippen molar-refractivity contribution in [2.45, 2.75) is 18.7 Å². The number of hydrogen-bond acceptors (Lipinski definition) is 7. The van der Waals surface area contributed by atoms with Gasteiger partial charge >= 0.3 is 29.6 Å². The number of rotatable bonds is 7. The van der Waals surface area contributed by atoms with E-state index in [2.05, 4.69) is 15.5 Å². The normalized spacial score (nSPS) is 11.4. The van der Waals surface area contributed by atoms with Crippen LogP contribution in [-0.2, 0) is 10.1 Å². The quantitative estimate of drug-likeness (QED) is 0.189. The summed E-state index contributed by atoms with van der Waals surface area (Å²) in [6.45, 7) is 3.77. The van der Waals surface area contributed by atoms with Gasteiger partial charge in [-0.3, -0.25) is 9.35 Å². The fraction of sp³-hybridized carbons (Fsp3) is 0.115. The Bertz CT molecular complexity index is 1710. The number of hydrogen-bond donors (Lipinski definition) is 2. The van der Waals surface area contributed by atoms with Gasteiger partial charge in [0.1, 0.15) is 10.6 Å². The van der Waals surface area contributed by atoms with E-state index in [4.69, 9.17) is 27.9 Å². The summed E-state index contributed by atoms with van der Waals surface area (Å²) < 4.78 is 37.7. The Labute approximate surface area is 256 Å². The van der Waals surface area contributed by atoms with E-state index < -0.39 is 26.7 Å². The van der Waals surface area contributed by atoms with E-state index in [1.807, 2.05) is 6.92 Å². The van der Waals surface area contributed by atoms with E-state index in [9.17, 15) is 22.9 Å². The van der Waals surface area contributed by atoms with Crippen molar-refractivity contribution in [3.63, 3.8) is 0 Å². The maximum absolute atomic E-state index is 13.4. The van der Waals surface area contributed by atoms with E-state index >= 15 is 0 Å². The second-order valence-corrected chi connectivity index (χ2v) is 10.2. The molecule has 0 aliphatic carbocycles. The number of nitrogens with zero attached hydrogens (tertiary/aromatic N) is 2. The van der Waals surface area contributed by atoms with Crippen LogP contribution in [0.2, 0.25) is 10.0 Å². The number of anilines is 1. The summed E-state index contributed by atoms with van der Waals surface area (Å²) in [5.41, 5.74) is 0.405. The smallest absolute Gasteiger partial charge is 0.870 e. The fourth-order valence-corrected chi connectivity index (χ4v) is 4.97. The molecule has 0 atom stereocenters. The number of nitrogens with one attached hydrogen (secondary N) is 1. The Balaban J connectivity index is 0.00000420. The number of carbonyl (C=O) groups excluding carboxylic acids is 1. The van der Waals surface area contributed by atoms with Gasteiger partial charge in [-0.1, -0.05) is 53.2 Å². The molecule has 0 aliphatic rings. The van der Waals surface area contributed by atoms with Crippen LogP contribution in [0.1, 0.15) is 22.8 Å². The van der Waals surface area contributed by atoms with Gasteiger partial charge in [-0.25, -0.2) is 0 Å². The zero-order valence-electron chi connectivity index (χ0n) is 21.0. The molecule has 39 heavy (non-hydrogen) atoms. The first-order valence-corrected chi connectivity index (χ1v) is 13.4. The number of carbonyl (C=O) groups is 1. The molecule has 9 nitrogen and oxygen atoms in total. The first-order chi connectivity index (χ1) is 18.0. The number of ether oxygens (including phenoxy) is 1.